The molecule has 1 aromatic rings. The van der Waals surface area contributed by atoms with Crippen LogP contribution in [0.2, 0.25) is 0 Å². The van der Waals surface area contributed by atoms with Crippen LogP contribution < -0.4 is 5.69 Å². The fraction of sp³-hybridized carbons (Fsp3) is 0.556. The van der Waals surface area contributed by atoms with Crippen LogP contribution in [0.1, 0.15) is 12.6 Å². The number of hydrogen-bond acceptors (Lipinski definition) is 5. The summed E-state index contributed by atoms with van der Waals surface area (Å²) in [5.41, 5.74) is -0.445. The van der Waals surface area contributed by atoms with Crippen LogP contribution in [-0.2, 0) is 4.74 Å². The molecule has 1 aliphatic rings. The second kappa shape index (κ2) is 4.62. The number of hydrogen-bond donors (Lipinski definition) is 2. The number of aliphatic hydroxyl groups excluding tert-OH is 2. The largest absolute Gasteiger partial charge is 0.394 e. The van der Waals surface area contributed by atoms with Gasteiger partial charge >= 0.3 is 5.69 Å². The van der Waals surface area contributed by atoms with E-state index in [2.05, 4.69) is 20.9 Å². The third kappa shape index (κ3) is 2.17. The van der Waals surface area contributed by atoms with Gasteiger partial charge in [0.2, 0.25) is 0 Å². The quantitative estimate of drug-likeness (QED) is 0.778. The van der Waals surface area contributed by atoms with E-state index in [1.807, 2.05) is 0 Å². The summed E-state index contributed by atoms with van der Waals surface area (Å²) in [4.78, 5) is 15.1. The van der Waals surface area contributed by atoms with Crippen molar-refractivity contribution in [2.75, 3.05) is 6.61 Å². The van der Waals surface area contributed by atoms with Gasteiger partial charge in [0, 0.05) is 18.8 Å². The maximum absolute atomic E-state index is 11.5. The Labute approximate surface area is 99.6 Å². The van der Waals surface area contributed by atoms with Gasteiger partial charge in [-0.15, -0.1) is 0 Å². The summed E-state index contributed by atoms with van der Waals surface area (Å²) in [5.74, 6) is 0. The van der Waals surface area contributed by atoms with Crippen molar-refractivity contribution in [3.05, 3.63) is 27.4 Å². The van der Waals surface area contributed by atoms with Crippen LogP contribution in [0.4, 0.5) is 0 Å². The Bertz CT molecular complexity index is 436. The zero-order chi connectivity index (χ0) is 11.7. The first-order valence-electron chi connectivity index (χ1n) is 4.80. The molecule has 3 atom stereocenters. The summed E-state index contributed by atoms with van der Waals surface area (Å²) in [6.07, 6.45) is 1.23. The van der Waals surface area contributed by atoms with E-state index in [9.17, 15) is 9.90 Å². The first-order valence-corrected chi connectivity index (χ1v) is 5.59. The van der Waals surface area contributed by atoms with Gasteiger partial charge in [0.1, 0.15) is 12.3 Å². The molecule has 0 saturated carbocycles. The summed E-state index contributed by atoms with van der Waals surface area (Å²) in [5, 5.41) is 18.5. The van der Waals surface area contributed by atoms with Gasteiger partial charge in [0.15, 0.2) is 0 Å². The molecule has 88 valence electrons. The summed E-state index contributed by atoms with van der Waals surface area (Å²) >= 11 is 3.20. The van der Waals surface area contributed by atoms with Gasteiger partial charge in [-0.05, 0) is 15.9 Å². The molecular formula is C9H11BrN2O4. The van der Waals surface area contributed by atoms with Gasteiger partial charge in [0.05, 0.1) is 17.2 Å². The van der Waals surface area contributed by atoms with Crippen molar-refractivity contribution in [2.45, 2.75) is 24.9 Å². The zero-order valence-electron chi connectivity index (χ0n) is 8.28. The minimum atomic E-state index is -0.763. The molecule has 0 radical (unpaired) electrons. The highest BCUT2D eigenvalue weighted by Crippen LogP contribution is 2.27. The van der Waals surface area contributed by atoms with Crippen LogP contribution in [0.3, 0.4) is 0 Å². The highest BCUT2D eigenvalue weighted by molar-refractivity contribution is 9.10. The van der Waals surface area contributed by atoms with E-state index in [1.165, 1.54) is 10.8 Å². The van der Waals surface area contributed by atoms with E-state index in [0.717, 1.165) is 0 Å². The van der Waals surface area contributed by atoms with Crippen molar-refractivity contribution >= 4 is 15.9 Å². The Morgan fingerprint density at radius 2 is 2.44 bits per heavy atom. The van der Waals surface area contributed by atoms with E-state index in [0.29, 0.717) is 4.47 Å². The summed E-state index contributed by atoms with van der Waals surface area (Å²) < 4.78 is 7.29. The summed E-state index contributed by atoms with van der Waals surface area (Å²) in [7, 11) is 0. The number of aliphatic hydroxyl groups is 2. The van der Waals surface area contributed by atoms with Gasteiger partial charge in [-0.3, -0.25) is 4.57 Å². The van der Waals surface area contributed by atoms with E-state index >= 15 is 0 Å². The summed E-state index contributed by atoms with van der Waals surface area (Å²) in [6.45, 7) is -0.270. The second-order valence-corrected chi connectivity index (χ2v) is 4.49. The molecule has 0 amide bonds. The lowest BCUT2D eigenvalue weighted by Gasteiger charge is -2.14. The number of rotatable bonds is 2. The molecule has 1 saturated heterocycles. The van der Waals surface area contributed by atoms with Gasteiger partial charge in [0.25, 0.3) is 0 Å². The third-order valence-corrected chi connectivity index (χ3v) is 2.89. The molecule has 2 N–H and O–H groups in total. The topological polar surface area (TPSA) is 84.6 Å². The smallest absolute Gasteiger partial charge is 0.349 e. The fourth-order valence-corrected chi connectivity index (χ4v) is 1.98. The second-order valence-electron chi connectivity index (χ2n) is 3.58. The first-order chi connectivity index (χ1) is 7.61. The number of aromatic nitrogens is 2. The minimum absolute atomic E-state index is 0.267. The molecule has 7 heteroatoms. The van der Waals surface area contributed by atoms with Crippen LogP contribution in [0, 0.1) is 0 Å². The van der Waals surface area contributed by atoms with Crippen molar-refractivity contribution in [3.63, 3.8) is 0 Å². The van der Waals surface area contributed by atoms with Crippen molar-refractivity contribution in [3.8, 4) is 0 Å². The number of ether oxygens (including phenoxy) is 1. The summed E-state index contributed by atoms with van der Waals surface area (Å²) in [6, 6.07) is 0. The third-order valence-electron chi connectivity index (χ3n) is 2.48. The standard InChI is InChI=1S/C9H11BrN2O4/c10-5-2-11-9(15)12(3-5)8-1-6(14)7(4-13)16-8/h2-3,6-8,13-14H,1,4H2/t6-,7+,8-/m0/s1. The molecule has 0 aliphatic carbocycles. The first kappa shape index (κ1) is 11.7. The highest BCUT2D eigenvalue weighted by Gasteiger charge is 2.34. The van der Waals surface area contributed by atoms with Crippen LogP contribution in [0.25, 0.3) is 0 Å². The van der Waals surface area contributed by atoms with Crippen molar-refractivity contribution < 1.29 is 14.9 Å². The Hall–Kier alpha value is -0.760. The number of halogens is 1. The van der Waals surface area contributed by atoms with Crippen LogP contribution in [0.15, 0.2) is 21.7 Å². The average Bonchev–Trinajstić information content (AvgIpc) is 2.63. The normalized spacial score (nSPS) is 29.6. The lowest BCUT2D eigenvalue weighted by molar-refractivity contribution is -0.0459. The van der Waals surface area contributed by atoms with Crippen LogP contribution in [0.5, 0.6) is 0 Å². The van der Waals surface area contributed by atoms with E-state index < -0.39 is 24.1 Å². The Balaban J connectivity index is 2.26. The van der Waals surface area contributed by atoms with Gasteiger partial charge < -0.3 is 14.9 Å². The maximum atomic E-state index is 11.5. The van der Waals surface area contributed by atoms with E-state index in [-0.39, 0.29) is 13.0 Å². The Kier molecular flexibility index (Phi) is 3.38. The van der Waals surface area contributed by atoms with Gasteiger partial charge in [-0.2, -0.15) is 0 Å². The molecule has 2 rings (SSSR count). The molecule has 1 fully saturated rings. The molecule has 2 heterocycles. The van der Waals surface area contributed by atoms with E-state index in [4.69, 9.17) is 9.84 Å². The van der Waals surface area contributed by atoms with Crippen molar-refractivity contribution in [1.82, 2.24) is 9.55 Å². The van der Waals surface area contributed by atoms with Gasteiger partial charge in [-0.1, -0.05) is 0 Å². The van der Waals surface area contributed by atoms with E-state index in [1.54, 1.807) is 6.20 Å². The van der Waals surface area contributed by atoms with Crippen molar-refractivity contribution in [2.24, 2.45) is 0 Å². The van der Waals surface area contributed by atoms with Crippen LogP contribution >= 0.6 is 15.9 Å². The lowest BCUT2D eigenvalue weighted by Crippen LogP contribution is -2.27. The predicted octanol–water partition coefficient (Wildman–Crippen LogP) is -0.353. The molecule has 6 nitrogen and oxygen atoms in total. The molecule has 0 spiro atoms. The average molecular weight is 291 g/mol. The minimum Gasteiger partial charge on any atom is -0.394 e. The SMILES string of the molecule is O=c1ncc(Br)cn1[C@@H]1C[C@H](O)[C@@H](CO)O1. The molecular weight excluding hydrogens is 280 g/mol. The molecule has 0 bridgehead atoms. The van der Waals surface area contributed by atoms with Crippen molar-refractivity contribution in [1.29, 1.82) is 0 Å². The maximum Gasteiger partial charge on any atom is 0.349 e. The Morgan fingerprint density at radius 1 is 1.69 bits per heavy atom. The molecule has 1 aliphatic heterocycles. The Morgan fingerprint density at radius 3 is 3.06 bits per heavy atom. The zero-order valence-corrected chi connectivity index (χ0v) is 9.87. The van der Waals surface area contributed by atoms with Gasteiger partial charge in [-0.25, -0.2) is 9.78 Å². The monoisotopic (exact) mass is 290 g/mol. The van der Waals surface area contributed by atoms with Crippen LogP contribution in [-0.4, -0.2) is 38.6 Å². The molecule has 0 unspecified atom stereocenters. The highest BCUT2D eigenvalue weighted by atomic mass is 79.9. The molecule has 0 aromatic carbocycles. The number of nitrogens with zero attached hydrogens (tertiary/aromatic N) is 2. The fourth-order valence-electron chi connectivity index (χ4n) is 1.66. The molecule has 1 aromatic heterocycles. The molecule has 16 heavy (non-hydrogen) atoms. The lowest BCUT2D eigenvalue weighted by atomic mass is 10.2. The predicted molar refractivity (Wildman–Crippen MR) is 57.8 cm³/mol.